The minimum Gasteiger partial charge on any atom is -0.454 e. The Morgan fingerprint density at radius 1 is 0.972 bits per heavy atom. The van der Waals surface area contributed by atoms with Crippen molar-refractivity contribution in [3.05, 3.63) is 88.5 Å². The van der Waals surface area contributed by atoms with Crippen molar-refractivity contribution in [2.24, 2.45) is 4.99 Å². The van der Waals surface area contributed by atoms with Crippen molar-refractivity contribution in [1.82, 2.24) is 9.80 Å². The van der Waals surface area contributed by atoms with Crippen molar-refractivity contribution in [2.45, 2.75) is 33.0 Å². The number of carbonyl (C=O) groups excluding carboxylic acids is 1. The molecule has 2 aliphatic rings. The fourth-order valence-electron chi connectivity index (χ4n) is 4.76. The van der Waals surface area contributed by atoms with E-state index in [1.54, 1.807) is 0 Å². The van der Waals surface area contributed by atoms with Gasteiger partial charge in [-0.15, -0.1) is 0 Å². The van der Waals surface area contributed by atoms with Gasteiger partial charge in [-0.2, -0.15) is 13.2 Å². The maximum absolute atomic E-state index is 13.5. The SMILES string of the molecule is Cc1ccc2c(c1)Oc1ccc(C)cc1C(N1CCN(C(=O)c3ccccc3C(F)(F)F)C(C)C1)=N2. The fourth-order valence-corrected chi connectivity index (χ4v) is 4.76. The number of hydrogen-bond donors (Lipinski definition) is 0. The van der Waals surface area contributed by atoms with Crippen LogP contribution in [0.25, 0.3) is 0 Å². The van der Waals surface area contributed by atoms with Gasteiger partial charge in [0, 0.05) is 25.7 Å². The van der Waals surface area contributed by atoms with Gasteiger partial charge in [0.25, 0.3) is 5.91 Å². The molecule has 3 aromatic rings. The van der Waals surface area contributed by atoms with E-state index < -0.39 is 17.6 Å². The highest BCUT2D eigenvalue weighted by Gasteiger charge is 2.38. The van der Waals surface area contributed by atoms with Crippen LogP contribution in [-0.4, -0.2) is 47.2 Å². The maximum atomic E-state index is 13.5. The molecule has 0 bridgehead atoms. The number of ether oxygens (including phenoxy) is 1. The number of benzene rings is 3. The zero-order chi connectivity index (χ0) is 25.6. The zero-order valence-electron chi connectivity index (χ0n) is 20.3. The number of alkyl halides is 3. The molecule has 8 heteroatoms. The molecule has 3 aromatic carbocycles. The molecule has 0 aromatic heterocycles. The average molecular weight is 494 g/mol. The number of amidine groups is 1. The Hall–Kier alpha value is -3.81. The fraction of sp³-hybridized carbons (Fsp3) is 0.286. The minimum atomic E-state index is -4.60. The van der Waals surface area contributed by atoms with E-state index in [1.807, 2.05) is 57.2 Å². The first kappa shape index (κ1) is 23.9. The van der Waals surface area contributed by atoms with E-state index in [0.717, 1.165) is 28.6 Å². The lowest BCUT2D eigenvalue weighted by molar-refractivity contribution is -0.138. The summed E-state index contributed by atoms with van der Waals surface area (Å²) in [7, 11) is 0. The summed E-state index contributed by atoms with van der Waals surface area (Å²) in [5, 5.41) is 0. The summed E-state index contributed by atoms with van der Waals surface area (Å²) in [4.78, 5) is 21.8. The molecule has 36 heavy (non-hydrogen) atoms. The Morgan fingerprint density at radius 2 is 1.69 bits per heavy atom. The van der Waals surface area contributed by atoms with Crippen molar-refractivity contribution < 1.29 is 22.7 Å². The van der Waals surface area contributed by atoms with Crippen molar-refractivity contribution in [1.29, 1.82) is 0 Å². The number of carbonyl (C=O) groups is 1. The molecular weight excluding hydrogens is 467 g/mol. The van der Waals surface area contributed by atoms with Gasteiger partial charge >= 0.3 is 6.18 Å². The van der Waals surface area contributed by atoms with Crippen LogP contribution in [0.3, 0.4) is 0 Å². The Bertz CT molecular complexity index is 1370. The van der Waals surface area contributed by atoms with Gasteiger partial charge in [-0.05, 0) is 62.7 Å². The molecule has 1 amide bonds. The molecule has 5 nitrogen and oxygen atoms in total. The van der Waals surface area contributed by atoms with Crippen LogP contribution in [0.1, 0.15) is 39.5 Å². The van der Waals surface area contributed by atoms with Crippen molar-refractivity contribution in [2.75, 3.05) is 19.6 Å². The zero-order valence-corrected chi connectivity index (χ0v) is 20.3. The first-order chi connectivity index (χ1) is 17.1. The topological polar surface area (TPSA) is 45.1 Å². The summed E-state index contributed by atoms with van der Waals surface area (Å²) in [5.41, 5.74) is 2.42. The third-order valence-corrected chi connectivity index (χ3v) is 6.59. The van der Waals surface area contributed by atoms with E-state index in [1.165, 1.54) is 23.1 Å². The van der Waals surface area contributed by atoms with Gasteiger partial charge in [-0.25, -0.2) is 4.99 Å². The highest BCUT2D eigenvalue weighted by atomic mass is 19.4. The van der Waals surface area contributed by atoms with Crippen LogP contribution < -0.4 is 4.74 Å². The van der Waals surface area contributed by atoms with Crippen LogP contribution in [0.4, 0.5) is 18.9 Å². The molecule has 0 aliphatic carbocycles. The summed E-state index contributed by atoms with van der Waals surface area (Å²) in [6.07, 6.45) is -4.60. The molecule has 1 atom stereocenters. The predicted octanol–water partition coefficient (Wildman–Crippen LogP) is 6.35. The molecule has 186 valence electrons. The van der Waals surface area contributed by atoms with Crippen LogP contribution in [0.15, 0.2) is 65.7 Å². The first-order valence-corrected chi connectivity index (χ1v) is 11.8. The maximum Gasteiger partial charge on any atom is 0.417 e. The molecule has 0 radical (unpaired) electrons. The van der Waals surface area contributed by atoms with Gasteiger partial charge in [0.15, 0.2) is 5.75 Å². The van der Waals surface area contributed by atoms with Gasteiger partial charge in [0.1, 0.15) is 17.3 Å². The largest absolute Gasteiger partial charge is 0.454 e. The molecule has 1 saturated heterocycles. The lowest BCUT2D eigenvalue weighted by atomic mass is 10.0. The number of halogens is 3. The lowest BCUT2D eigenvalue weighted by Gasteiger charge is -2.41. The van der Waals surface area contributed by atoms with Gasteiger partial charge in [-0.3, -0.25) is 4.79 Å². The monoisotopic (exact) mass is 493 g/mol. The average Bonchev–Trinajstić information content (AvgIpc) is 2.99. The molecular formula is C28H26F3N3O2. The summed E-state index contributed by atoms with van der Waals surface area (Å²) in [6, 6.07) is 16.4. The number of hydrogen-bond acceptors (Lipinski definition) is 4. The number of rotatable bonds is 1. The van der Waals surface area contributed by atoms with Crippen molar-refractivity contribution >= 4 is 17.4 Å². The molecule has 2 heterocycles. The van der Waals surface area contributed by atoms with Crippen molar-refractivity contribution in [3.63, 3.8) is 0 Å². The van der Waals surface area contributed by atoms with Crippen LogP contribution in [0.2, 0.25) is 0 Å². The lowest BCUT2D eigenvalue weighted by Crippen LogP contribution is -2.55. The summed E-state index contributed by atoms with van der Waals surface area (Å²) in [6.45, 7) is 6.96. The smallest absolute Gasteiger partial charge is 0.417 e. The Kier molecular flexibility index (Phi) is 5.98. The summed E-state index contributed by atoms with van der Waals surface area (Å²) >= 11 is 0. The van der Waals surface area contributed by atoms with E-state index in [9.17, 15) is 18.0 Å². The highest BCUT2D eigenvalue weighted by Crippen LogP contribution is 2.39. The predicted molar refractivity (Wildman–Crippen MR) is 132 cm³/mol. The standard InChI is InChI=1S/C28H26F3N3O2/c1-17-9-11-24-21(14-17)26(32-23-10-8-18(2)15-25(23)36-24)33-12-13-34(19(3)16-33)27(35)20-6-4-5-7-22(20)28(29,30)31/h4-11,14-15,19H,12-13,16H2,1-3H3. The van der Waals surface area contributed by atoms with Gasteiger partial charge in [0.05, 0.1) is 16.7 Å². The Labute approximate surface area is 207 Å². The van der Waals surface area contributed by atoms with Crippen LogP contribution in [0.5, 0.6) is 11.5 Å². The second-order valence-electron chi connectivity index (χ2n) is 9.35. The van der Waals surface area contributed by atoms with E-state index in [4.69, 9.17) is 9.73 Å². The normalized spacial score (nSPS) is 17.5. The Morgan fingerprint density at radius 3 is 2.44 bits per heavy atom. The van der Waals surface area contributed by atoms with E-state index >= 15 is 0 Å². The number of amides is 1. The highest BCUT2D eigenvalue weighted by molar-refractivity contribution is 6.04. The Balaban J connectivity index is 1.46. The first-order valence-electron chi connectivity index (χ1n) is 11.8. The van der Waals surface area contributed by atoms with E-state index in [0.29, 0.717) is 30.3 Å². The summed E-state index contributed by atoms with van der Waals surface area (Å²) < 4.78 is 46.8. The number of aryl methyl sites for hydroxylation is 2. The van der Waals surface area contributed by atoms with Gasteiger partial charge in [-0.1, -0.05) is 29.8 Å². The summed E-state index contributed by atoms with van der Waals surface area (Å²) in [5.74, 6) is 1.47. The third-order valence-electron chi connectivity index (χ3n) is 6.59. The van der Waals surface area contributed by atoms with E-state index in [-0.39, 0.29) is 18.2 Å². The quantitative estimate of drug-likeness (QED) is 0.397. The van der Waals surface area contributed by atoms with E-state index in [2.05, 4.69) is 4.90 Å². The third kappa shape index (κ3) is 4.43. The molecule has 0 N–H and O–H groups in total. The van der Waals surface area contributed by atoms with Gasteiger partial charge < -0.3 is 14.5 Å². The second kappa shape index (κ2) is 9.00. The number of piperazine rings is 1. The molecule has 0 saturated carbocycles. The van der Waals surface area contributed by atoms with Crippen molar-refractivity contribution in [3.8, 4) is 11.5 Å². The molecule has 5 rings (SSSR count). The van der Waals surface area contributed by atoms with Crippen LogP contribution in [0, 0.1) is 13.8 Å². The number of fused-ring (bicyclic) bond motifs is 2. The molecule has 0 spiro atoms. The minimum absolute atomic E-state index is 0.272. The second-order valence-corrected chi connectivity index (χ2v) is 9.35. The number of nitrogens with zero attached hydrogens (tertiary/aromatic N) is 3. The molecule has 2 aliphatic heterocycles. The van der Waals surface area contributed by atoms with Gasteiger partial charge in [0.2, 0.25) is 0 Å². The molecule has 1 fully saturated rings. The molecule has 1 unspecified atom stereocenters. The van der Waals surface area contributed by atoms with Crippen LogP contribution in [-0.2, 0) is 6.18 Å². The van der Waals surface area contributed by atoms with Crippen LogP contribution >= 0.6 is 0 Å². The number of aliphatic imine (C=N–C) groups is 1.